The summed E-state index contributed by atoms with van der Waals surface area (Å²) in [5.41, 5.74) is 4.71. The summed E-state index contributed by atoms with van der Waals surface area (Å²) in [7, 11) is 0. The molecule has 2 fully saturated rings. The minimum atomic E-state index is -0.547. The van der Waals surface area contributed by atoms with Crippen LogP contribution >= 0.6 is 0 Å². The highest BCUT2D eigenvalue weighted by atomic mass is 16.6. The van der Waals surface area contributed by atoms with Crippen molar-refractivity contribution in [3.63, 3.8) is 0 Å². The van der Waals surface area contributed by atoms with Gasteiger partial charge in [-0.2, -0.15) is 0 Å². The van der Waals surface area contributed by atoms with Crippen LogP contribution in [0.3, 0.4) is 0 Å². The largest absolute Gasteiger partial charge is 0.444 e. The molecule has 6 heterocycles. The Hall–Kier alpha value is -5.39. The lowest BCUT2D eigenvalue weighted by molar-refractivity contribution is -0.131. The predicted molar refractivity (Wildman–Crippen MR) is 179 cm³/mol. The smallest absolute Gasteiger partial charge is 0.410 e. The molecule has 7 rings (SSSR count). The van der Waals surface area contributed by atoms with Crippen molar-refractivity contribution in [1.82, 2.24) is 44.7 Å². The number of hydrogen-bond acceptors (Lipinski definition) is 8. The molecular weight excluding hydrogens is 606 g/mol. The number of nitrogens with one attached hydrogen (secondary N) is 2. The summed E-state index contributed by atoms with van der Waals surface area (Å²) in [6.45, 7) is 6.99. The van der Waals surface area contributed by atoms with Gasteiger partial charge in [0.2, 0.25) is 5.91 Å². The number of rotatable bonds is 7. The van der Waals surface area contributed by atoms with Crippen LogP contribution in [0.1, 0.15) is 75.8 Å². The molecule has 0 radical (unpaired) electrons. The van der Waals surface area contributed by atoms with Crippen molar-refractivity contribution in [3.8, 4) is 33.9 Å². The van der Waals surface area contributed by atoms with E-state index in [0.29, 0.717) is 25.3 Å². The van der Waals surface area contributed by atoms with E-state index in [0.717, 1.165) is 71.0 Å². The van der Waals surface area contributed by atoms with Crippen molar-refractivity contribution in [2.45, 2.75) is 70.6 Å². The number of amides is 2. The second-order valence-electron chi connectivity index (χ2n) is 13.4. The van der Waals surface area contributed by atoms with Gasteiger partial charge in [-0.1, -0.05) is 30.3 Å². The monoisotopic (exact) mass is 645 g/mol. The number of ether oxygens (including phenoxy) is 1. The van der Waals surface area contributed by atoms with E-state index in [1.165, 1.54) is 0 Å². The van der Waals surface area contributed by atoms with E-state index >= 15 is 0 Å². The molecule has 2 aliphatic rings. The first-order valence-electron chi connectivity index (χ1n) is 16.4. The molecule has 48 heavy (non-hydrogen) atoms. The van der Waals surface area contributed by atoms with E-state index in [2.05, 4.69) is 34.9 Å². The van der Waals surface area contributed by atoms with E-state index in [1.54, 1.807) is 42.1 Å². The third-order valence-corrected chi connectivity index (χ3v) is 8.77. The second kappa shape index (κ2) is 13.0. The fraction of sp³-hybridized carbons (Fsp3) is 0.361. The molecule has 0 aliphatic carbocycles. The fourth-order valence-corrected chi connectivity index (χ4v) is 6.44. The van der Waals surface area contributed by atoms with Gasteiger partial charge in [-0.05, 0) is 63.6 Å². The van der Waals surface area contributed by atoms with Crippen molar-refractivity contribution in [3.05, 3.63) is 90.8 Å². The number of aromatic nitrogens is 7. The number of H-pyrrole nitrogens is 2. The van der Waals surface area contributed by atoms with Gasteiger partial charge in [-0.15, -0.1) is 0 Å². The number of likely N-dealkylation sites (tertiary alicyclic amines) is 2. The Morgan fingerprint density at radius 1 is 0.771 bits per heavy atom. The molecule has 2 amide bonds. The van der Waals surface area contributed by atoms with Crippen LogP contribution in [0.5, 0.6) is 0 Å². The SMILES string of the molecule is CC(C)(C)OC(=O)N1CCCC1c1ncc(-c2ccc(-c3ncc(-c4cnc([C@@H]5CCCN5C(=O)Cc5cccnc5)[nH]4)cn3)cc2)[nH]1. The number of carbonyl (C=O) groups is 2. The fourth-order valence-electron chi connectivity index (χ4n) is 6.44. The third kappa shape index (κ3) is 6.69. The zero-order valence-electron chi connectivity index (χ0n) is 27.4. The quantitative estimate of drug-likeness (QED) is 0.210. The summed E-state index contributed by atoms with van der Waals surface area (Å²) in [5, 5.41) is 0. The van der Waals surface area contributed by atoms with E-state index in [-0.39, 0.29) is 24.1 Å². The van der Waals surface area contributed by atoms with Crippen molar-refractivity contribution >= 4 is 12.0 Å². The Labute approximate surface area is 279 Å². The molecule has 2 saturated heterocycles. The second-order valence-corrected chi connectivity index (χ2v) is 13.4. The van der Waals surface area contributed by atoms with Gasteiger partial charge in [-0.25, -0.2) is 24.7 Å². The van der Waals surface area contributed by atoms with Gasteiger partial charge in [0.15, 0.2) is 5.82 Å². The molecular formula is C36H39N9O3. The zero-order valence-corrected chi connectivity index (χ0v) is 27.4. The van der Waals surface area contributed by atoms with E-state index in [1.807, 2.05) is 62.1 Å². The highest BCUT2D eigenvalue weighted by molar-refractivity contribution is 5.79. The van der Waals surface area contributed by atoms with Crippen LogP contribution in [-0.2, 0) is 16.0 Å². The van der Waals surface area contributed by atoms with Crippen molar-refractivity contribution in [2.75, 3.05) is 13.1 Å². The lowest BCUT2D eigenvalue weighted by Crippen LogP contribution is -2.36. The first kappa shape index (κ1) is 31.2. The van der Waals surface area contributed by atoms with Crippen LogP contribution in [-0.4, -0.2) is 75.4 Å². The minimum Gasteiger partial charge on any atom is -0.444 e. The first-order chi connectivity index (χ1) is 23.2. The minimum absolute atomic E-state index is 0.0776. The van der Waals surface area contributed by atoms with Crippen molar-refractivity contribution in [2.24, 2.45) is 0 Å². The molecule has 2 aliphatic heterocycles. The Morgan fingerprint density at radius 3 is 2.00 bits per heavy atom. The Kier molecular flexibility index (Phi) is 8.47. The summed E-state index contributed by atoms with van der Waals surface area (Å²) in [4.78, 5) is 59.0. The standard InChI is InChI=1S/C36H39N9O3/c1-36(2,3)48-35(47)45-16-6-9-30(45)34-40-21-27(42-34)24-10-12-25(13-11-24)32-38-19-26(20-39-32)28-22-41-33(43-28)29-8-5-15-44(29)31(46)17-23-7-4-14-37-18-23/h4,7,10-14,18-22,29-30H,5-6,8-9,15-17H2,1-3H3,(H,40,42)(H,41,43)/t29-,30?/m0/s1. The highest BCUT2D eigenvalue weighted by Crippen LogP contribution is 2.34. The van der Waals surface area contributed by atoms with Crippen molar-refractivity contribution < 1.29 is 14.3 Å². The zero-order chi connectivity index (χ0) is 33.3. The van der Waals surface area contributed by atoms with Crippen LogP contribution in [0.25, 0.3) is 33.9 Å². The lowest BCUT2D eigenvalue weighted by atomic mass is 10.1. The van der Waals surface area contributed by atoms with E-state index in [4.69, 9.17) is 4.74 Å². The number of carbonyl (C=O) groups excluding carboxylic acids is 2. The molecule has 246 valence electrons. The Bertz CT molecular complexity index is 1880. The molecule has 12 heteroatoms. The van der Waals surface area contributed by atoms with Gasteiger partial charge in [0.25, 0.3) is 0 Å². The maximum absolute atomic E-state index is 13.1. The number of imidazole rings is 2. The summed E-state index contributed by atoms with van der Waals surface area (Å²) < 4.78 is 5.62. The van der Waals surface area contributed by atoms with Gasteiger partial charge >= 0.3 is 6.09 Å². The van der Waals surface area contributed by atoms with Crippen LogP contribution in [0.2, 0.25) is 0 Å². The van der Waals surface area contributed by atoms with Gasteiger partial charge < -0.3 is 19.6 Å². The maximum Gasteiger partial charge on any atom is 0.410 e. The first-order valence-corrected chi connectivity index (χ1v) is 16.4. The summed E-state index contributed by atoms with van der Waals surface area (Å²) in [5.74, 6) is 2.22. The highest BCUT2D eigenvalue weighted by Gasteiger charge is 2.35. The van der Waals surface area contributed by atoms with Crippen LogP contribution in [0.15, 0.2) is 73.6 Å². The maximum atomic E-state index is 13.1. The van der Waals surface area contributed by atoms with Gasteiger partial charge in [0.1, 0.15) is 17.2 Å². The number of benzene rings is 1. The molecule has 2 N–H and O–H groups in total. The summed E-state index contributed by atoms with van der Waals surface area (Å²) in [6, 6.07) is 11.5. The topological polar surface area (TPSA) is 146 Å². The van der Waals surface area contributed by atoms with Crippen molar-refractivity contribution in [1.29, 1.82) is 0 Å². The number of hydrogen-bond donors (Lipinski definition) is 2. The molecule has 0 saturated carbocycles. The normalized spacial score (nSPS) is 18.0. The van der Waals surface area contributed by atoms with E-state index < -0.39 is 5.60 Å². The molecule has 0 bridgehead atoms. The molecule has 4 aromatic heterocycles. The van der Waals surface area contributed by atoms with Gasteiger partial charge in [0, 0.05) is 49.0 Å². The summed E-state index contributed by atoms with van der Waals surface area (Å²) >= 11 is 0. The van der Waals surface area contributed by atoms with Crippen LogP contribution in [0.4, 0.5) is 4.79 Å². The third-order valence-electron chi connectivity index (χ3n) is 8.77. The average molecular weight is 646 g/mol. The predicted octanol–water partition coefficient (Wildman–Crippen LogP) is 6.30. The van der Waals surface area contributed by atoms with Gasteiger partial charge in [-0.3, -0.25) is 14.7 Å². The average Bonchev–Trinajstić information content (AvgIpc) is 3.91. The Morgan fingerprint density at radius 2 is 1.38 bits per heavy atom. The Balaban J connectivity index is 0.998. The van der Waals surface area contributed by atoms with Gasteiger partial charge in [0.05, 0.1) is 42.3 Å². The molecule has 5 aromatic rings. The number of nitrogens with zero attached hydrogens (tertiary/aromatic N) is 7. The molecule has 12 nitrogen and oxygen atoms in total. The lowest BCUT2D eigenvalue weighted by Gasteiger charge is -2.27. The molecule has 0 spiro atoms. The van der Waals surface area contributed by atoms with Crippen LogP contribution in [0, 0.1) is 0 Å². The molecule has 1 unspecified atom stereocenters. The summed E-state index contributed by atoms with van der Waals surface area (Å²) in [6.07, 6.45) is 14.2. The van der Waals surface area contributed by atoms with Crippen LogP contribution < -0.4 is 0 Å². The number of pyridine rings is 1. The molecule has 2 atom stereocenters. The molecule has 1 aromatic carbocycles. The van der Waals surface area contributed by atoms with E-state index in [9.17, 15) is 9.59 Å². The number of aromatic amines is 2.